The van der Waals surface area contributed by atoms with Gasteiger partial charge in [0, 0.05) is 0 Å². The van der Waals surface area contributed by atoms with Crippen LogP contribution < -0.4 is 0 Å². The molecule has 0 heterocycles. The summed E-state index contributed by atoms with van der Waals surface area (Å²) in [6.45, 7) is 8.49. The summed E-state index contributed by atoms with van der Waals surface area (Å²) >= 11 is -4.72. The average molecular weight is 605 g/mol. The second kappa shape index (κ2) is 23.6. The molecule has 0 saturated carbocycles. The van der Waals surface area contributed by atoms with Crippen LogP contribution in [0.1, 0.15) is 156 Å². The van der Waals surface area contributed by atoms with E-state index in [4.69, 9.17) is 9.22 Å². The summed E-state index contributed by atoms with van der Waals surface area (Å²) in [5.74, 6) is -1.17. The first-order valence-corrected chi connectivity index (χ1v) is 20.1. The number of carbonyl (C=O) groups excluding carboxylic acids is 3. The van der Waals surface area contributed by atoms with Gasteiger partial charge in [-0.25, -0.2) is 0 Å². The Bertz CT molecular complexity index is 482. The van der Waals surface area contributed by atoms with E-state index >= 15 is 0 Å². The maximum atomic E-state index is 12.7. The van der Waals surface area contributed by atoms with Crippen LogP contribution in [0.4, 0.5) is 0 Å². The van der Waals surface area contributed by atoms with E-state index in [9.17, 15) is 14.4 Å². The Morgan fingerprint density at radius 3 is 1.00 bits per heavy atom. The van der Waals surface area contributed by atoms with Crippen molar-refractivity contribution in [3.8, 4) is 0 Å². The summed E-state index contributed by atoms with van der Waals surface area (Å²) in [7, 11) is 0. The molecule has 0 aromatic carbocycles. The molecule has 0 spiro atoms. The predicted octanol–water partition coefficient (Wildman–Crippen LogP) is 8.44. The minimum atomic E-state index is -4.72. The number of rotatable bonds is 24. The molecule has 206 valence electrons. The molecule has 0 rings (SSSR count). The van der Waals surface area contributed by atoms with Crippen LogP contribution in [0.3, 0.4) is 0 Å². The molecule has 6 nitrogen and oxygen atoms in total. The first-order valence-electron chi connectivity index (χ1n) is 14.6. The molecule has 0 amide bonds. The number of carbonyl (C=O) groups is 3. The molecule has 0 fully saturated rings. The quantitative estimate of drug-likeness (QED) is 0.0812. The molecule has 0 aromatic heterocycles. The Labute approximate surface area is 221 Å². The molecule has 0 N–H and O–H groups in total. The van der Waals surface area contributed by atoms with Gasteiger partial charge >= 0.3 is 222 Å². The predicted molar refractivity (Wildman–Crippen MR) is 144 cm³/mol. The first kappa shape index (κ1) is 34.2. The van der Waals surface area contributed by atoms with Crippen molar-refractivity contribution in [3.63, 3.8) is 0 Å². The zero-order valence-electron chi connectivity index (χ0n) is 23.3. The van der Waals surface area contributed by atoms with Gasteiger partial charge in [-0.2, -0.15) is 0 Å². The fourth-order valence-corrected chi connectivity index (χ4v) is 11.2. The Morgan fingerprint density at radius 2 is 0.714 bits per heavy atom. The molecule has 7 heteroatoms. The minimum absolute atomic E-state index is 0.275. The number of unbranched alkanes of at least 4 members (excludes halogenated alkanes) is 13. The summed E-state index contributed by atoms with van der Waals surface area (Å²) < 4.78 is 18.0. The zero-order chi connectivity index (χ0) is 26.2. The van der Waals surface area contributed by atoms with Crippen LogP contribution >= 0.6 is 0 Å². The fraction of sp³-hybridized carbons (Fsp3) is 0.893. The van der Waals surface area contributed by atoms with E-state index in [1.54, 1.807) is 0 Å². The summed E-state index contributed by atoms with van der Waals surface area (Å²) in [6, 6.07) is 0. The van der Waals surface area contributed by atoms with Crippen LogP contribution in [-0.4, -0.2) is 37.5 Å². The van der Waals surface area contributed by atoms with Gasteiger partial charge in [-0.15, -0.1) is 0 Å². The topological polar surface area (TPSA) is 78.9 Å². The SMILES string of the molecule is CCCCCCCC(=O)[O][Sn]([CH2]CCC)([O]C(=O)CCCCCCC)[O]C(=O)CCCCCCC. The van der Waals surface area contributed by atoms with Gasteiger partial charge in [0.1, 0.15) is 0 Å². The molecule has 35 heavy (non-hydrogen) atoms. The van der Waals surface area contributed by atoms with Crippen molar-refractivity contribution in [2.45, 2.75) is 161 Å². The van der Waals surface area contributed by atoms with Crippen LogP contribution in [0.15, 0.2) is 0 Å². The van der Waals surface area contributed by atoms with Crippen LogP contribution in [0.5, 0.6) is 0 Å². The molecule has 0 radical (unpaired) electrons. The van der Waals surface area contributed by atoms with Crippen molar-refractivity contribution in [3.05, 3.63) is 0 Å². The first-order chi connectivity index (χ1) is 16.9. The Hall–Kier alpha value is -0.791. The molecule has 0 bridgehead atoms. The van der Waals surface area contributed by atoms with E-state index < -0.39 is 19.6 Å². The summed E-state index contributed by atoms with van der Waals surface area (Å²) in [6.07, 6.45) is 17.7. The van der Waals surface area contributed by atoms with Gasteiger partial charge in [-0.3, -0.25) is 0 Å². The van der Waals surface area contributed by atoms with E-state index in [0.717, 1.165) is 103 Å². The third kappa shape index (κ3) is 20.0. The Kier molecular flexibility index (Phi) is 23.1. The van der Waals surface area contributed by atoms with Gasteiger partial charge in [0.25, 0.3) is 0 Å². The van der Waals surface area contributed by atoms with E-state index in [0.29, 0.717) is 10.9 Å². The molecule has 0 saturated heterocycles. The number of hydrogen-bond donors (Lipinski definition) is 0. The summed E-state index contributed by atoms with van der Waals surface area (Å²) in [5, 5.41) is 0. The second-order valence-corrected chi connectivity index (χ2v) is 16.8. The van der Waals surface area contributed by atoms with Crippen LogP contribution in [0, 0.1) is 0 Å². The monoisotopic (exact) mass is 606 g/mol. The van der Waals surface area contributed by atoms with Crippen LogP contribution in [-0.2, 0) is 23.6 Å². The molecule has 0 aromatic rings. The molecule has 0 unspecified atom stereocenters. The van der Waals surface area contributed by atoms with Gasteiger partial charge in [-0.1, -0.05) is 0 Å². The van der Waals surface area contributed by atoms with E-state index in [1.807, 2.05) is 6.92 Å². The van der Waals surface area contributed by atoms with Crippen molar-refractivity contribution in [1.29, 1.82) is 0 Å². The van der Waals surface area contributed by atoms with Crippen molar-refractivity contribution in [2.24, 2.45) is 0 Å². The van der Waals surface area contributed by atoms with E-state index in [2.05, 4.69) is 20.8 Å². The van der Waals surface area contributed by atoms with Crippen molar-refractivity contribution in [1.82, 2.24) is 0 Å². The molecule has 0 aliphatic heterocycles. The molecule has 0 aliphatic rings. The standard InChI is InChI=1S/3C8H16O2.C4H9.Sn/c3*1-2-3-4-5-6-7-8(9)10;1-3-4-2;/h3*2-7H2,1H3,(H,9,10);1,3-4H2,2H3;/q;;;;+3/p-3. The van der Waals surface area contributed by atoms with Gasteiger partial charge in [-0.05, 0) is 0 Å². The summed E-state index contributed by atoms with van der Waals surface area (Å²) in [5.41, 5.74) is 0. The maximum absolute atomic E-state index is 12.7. The molecular formula is C28H54O6Sn. The van der Waals surface area contributed by atoms with Gasteiger partial charge < -0.3 is 0 Å². The van der Waals surface area contributed by atoms with E-state index in [-0.39, 0.29) is 37.2 Å². The number of hydrogen-bond acceptors (Lipinski definition) is 6. The van der Waals surface area contributed by atoms with Crippen molar-refractivity contribution >= 4 is 37.5 Å². The third-order valence-corrected chi connectivity index (χ3v) is 13.5. The van der Waals surface area contributed by atoms with Gasteiger partial charge in [0.2, 0.25) is 0 Å². The molecular weight excluding hydrogens is 551 g/mol. The van der Waals surface area contributed by atoms with Gasteiger partial charge in [0.15, 0.2) is 0 Å². The second-order valence-electron chi connectivity index (χ2n) is 9.70. The van der Waals surface area contributed by atoms with Crippen molar-refractivity contribution in [2.75, 3.05) is 0 Å². The molecule has 0 aliphatic carbocycles. The van der Waals surface area contributed by atoms with Gasteiger partial charge in [0.05, 0.1) is 0 Å². The zero-order valence-corrected chi connectivity index (χ0v) is 26.2. The Morgan fingerprint density at radius 1 is 0.429 bits per heavy atom. The fourth-order valence-electron chi connectivity index (χ4n) is 3.90. The summed E-state index contributed by atoms with van der Waals surface area (Å²) in [4.78, 5) is 38.2. The molecule has 0 atom stereocenters. The third-order valence-electron chi connectivity index (χ3n) is 6.10. The Balaban J connectivity index is 5.16. The van der Waals surface area contributed by atoms with Crippen LogP contribution in [0.2, 0.25) is 4.44 Å². The normalized spacial score (nSPS) is 11.3. The van der Waals surface area contributed by atoms with Crippen molar-refractivity contribution < 1.29 is 23.6 Å². The van der Waals surface area contributed by atoms with Crippen LogP contribution in [0.25, 0.3) is 0 Å². The average Bonchev–Trinajstić information content (AvgIpc) is 2.82. The van der Waals surface area contributed by atoms with E-state index in [1.165, 1.54) is 0 Å².